The molecule has 0 fully saturated rings. The molecule has 1 amide bonds. The summed E-state index contributed by atoms with van der Waals surface area (Å²) in [5, 5.41) is 2.90. The zero-order chi connectivity index (χ0) is 20.3. The minimum Gasteiger partial charge on any atom is -0.434 e. The number of carbonyl (C=O) groups excluding carboxylic acids is 2. The molecule has 0 atom stereocenters. The number of hydrogen-bond acceptors (Lipinski definition) is 5. The predicted octanol–water partition coefficient (Wildman–Crippen LogP) is 3.47. The number of nitrogens with zero attached hydrogens (tertiary/aromatic N) is 1. The summed E-state index contributed by atoms with van der Waals surface area (Å²) in [6.45, 7) is 1.67. The summed E-state index contributed by atoms with van der Waals surface area (Å²) in [4.78, 5) is 37.6. The second kappa shape index (κ2) is 7.91. The van der Waals surface area contributed by atoms with E-state index in [9.17, 15) is 18.8 Å². The van der Waals surface area contributed by atoms with Gasteiger partial charge in [-0.15, -0.1) is 0 Å². The van der Waals surface area contributed by atoms with Gasteiger partial charge in [-0.1, -0.05) is 12.1 Å². The zero-order valence-electron chi connectivity index (χ0n) is 15.2. The molecule has 1 N–H and O–H groups in total. The van der Waals surface area contributed by atoms with Crippen LogP contribution in [-0.4, -0.2) is 23.2 Å². The summed E-state index contributed by atoms with van der Waals surface area (Å²) in [5.74, 6) is -1.46. The monoisotopic (exact) mass is 384 g/mol. The van der Waals surface area contributed by atoms with Gasteiger partial charge in [0.25, 0.3) is 11.5 Å². The highest BCUT2D eigenvalue weighted by Crippen LogP contribution is 2.28. The fourth-order valence-corrected chi connectivity index (χ4v) is 2.73. The number of benzene rings is 2. The van der Waals surface area contributed by atoms with Gasteiger partial charge in [-0.05, 0) is 43.3 Å². The van der Waals surface area contributed by atoms with Crippen molar-refractivity contribution in [2.45, 2.75) is 6.92 Å². The molecule has 1 aromatic heterocycles. The number of halogens is 1. The summed E-state index contributed by atoms with van der Waals surface area (Å²) >= 11 is 0. The molecule has 144 valence electrons. The molecule has 0 saturated heterocycles. The average Bonchev–Trinajstić information content (AvgIpc) is 2.68. The quantitative estimate of drug-likeness (QED) is 0.696. The van der Waals surface area contributed by atoms with Crippen LogP contribution in [0.3, 0.4) is 0 Å². The smallest absolute Gasteiger partial charge is 0.434 e. The molecular formula is C20H17FN2O5. The third kappa shape index (κ3) is 3.71. The highest BCUT2D eigenvalue weighted by atomic mass is 19.1. The number of amides is 1. The Morgan fingerprint density at radius 1 is 1.11 bits per heavy atom. The van der Waals surface area contributed by atoms with Crippen LogP contribution in [0.2, 0.25) is 0 Å². The molecule has 0 saturated carbocycles. The van der Waals surface area contributed by atoms with E-state index in [-0.39, 0.29) is 23.6 Å². The number of nitrogens with one attached hydrogen (secondary N) is 1. The normalized spacial score (nSPS) is 10.5. The van der Waals surface area contributed by atoms with Crippen LogP contribution in [0.1, 0.15) is 17.3 Å². The SMILES string of the molecule is CCOC(=O)Oc1c(C(=O)Nc2ccc(F)cc2)c(=O)n(C)c2ccccc12. The van der Waals surface area contributed by atoms with Crippen LogP contribution in [0.15, 0.2) is 53.3 Å². The first-order valence-corrected chi connectivity index (χ1v) is 8.45. The van der Waals surface area contributed by atoms with Gasteiger partial charge in [-0.2, -0.15) is 0 Å². The van der Waals surface area contributed by atoms with Gasteiger partial charge >= 0.3 is 6.16 Å². The van der Waals surface area contributed by atoms with Crippen molar-refractivity contribution in [1.29, 1.82) is 0 Å². The van der Waals surface area contributed by atoms with Crippen LogP contribution in [0.25, 0.3) is 10.9 Å². The van der Waals surface area contributed by atoms with Crippen molar-refractivity contribution in [2.24, 2.45) is 7.05 Å². The molecule has 0 bridgehead atoms. The van der Waals surface area contributed by atoms with E-state index >= 15 is 0 Å². The highest BCUT2D eigenvalue weighted by molar-refractivity contribution is 6.09. The minimum absolute atomic E-state index is 0.0682. The first kappa shape index (κ1) is 19.1. The van der Waals surface area contributed by atoms with Crippen molar-refractivity contribution in [3.8, 4) is 5.75 Å². The molecule has 3 aromatic rings. The van der Waals surface area contributed by atoms with Crippen molar-refractivity contribution < 1.29 is 23.5 Å². The molecule has 8 heteroatoms. The number of aryl methyl sites for hydroxylation is 1. The van der Waals surface area contributed by atoms with E-state index in [0.717, 1.165) is 0 Å². The Labute approximate surface area is 159 Å². The van der Waals surface area contributed by atoms with Crippen LogP contribution in [0.4, 0.5) is 14.9 Å². The Kier molecular flexibility index (Phi) is 5.39. The van der Waals surface area contributed by atoms with Gasteiger partial charge in [0, 0.05) is 18.1 Å². The Morgan fingerprint density at radius 2 is 1.79 bits per heavy atom. The van der Waals surface area contributed by atoms with Gasteiger partial charge < -0.3 is 19.4 Å². The summed E-state index contributed by atoms with van der Waals surface area (Å²) in [6.07, 6.45) is -1.03. The van der Waals surface area contributed by atoms with Gasteiger partial charge in [0.2, 0.25) is 0 Å². The number of hydrogen-bond donors (Lipinski definition) is 1. The minimum atomic E-state index is -1.03. The largest absolute Gasteiger partial charge is 0.513 e. The zero-order valence-corrected chi connectivity index (χ0v) is 15.2. The Hall–Kier alpha value is -3.68. The van der Waals surface area contributed by atoms with Crippen LogP contribution < -0.4 is 15.6 Å². The second-order valence-corrected chi connectivity index (χ2v) is 5.83. The lowest BCUT2D eigenvalue weighted by Gasteiger charge is -2.15. The van der Waals surface area contributed by atoms with E-state index in [1.807, 2.05) is 0 Å². The topological polar surface area (TPSA) is 86.6 Å². The van der Waals surface area contributed by atoms with Crippen LogP contribution in [-0.2, 0) is 11.8 Å². The van der Waals surface area contributed by atoms with Crippen LogP contribution in [0.5, 0.6) is 5.75 Å². The predicted molar refractivity (Wildman–Crippen MR) is 101 cm³/mol. The van der Waals surface area contributed by atoms with Gasteiger partial charge in [0.15, 0.2) is 5.75 Å². The molecule has 3 rings (SSSR count). The summed E-state index contributed by atoms with van der Waals surface area (Å²) in [6, 6.07) is 11.7. The van der Waals surface area contributed by atoms with E-state index in [4.69, 9.17) is 9.47 Å². The number of fused-ring (bicyclic) bond motifs is 1. The van der Waals surface area contributed by atoms with Crippen LogP contribution >= 0.6 is 0 Å². The van der Waals surface area contributed by atoms with Crippen molar-refractivity contribution >= 4 is 28.7 Å². The number of pyridine rings is 1. The van der Waals surface area contributed by atoms with Crippen molar-refractivity contribution in [3.05, 3.63) is 70.3 Å². The van der Waals surface area contributed by atoms with Gasteiger partial charge in [-0.25, -0.2) is 9.18 Å². The Bertz CT molecular complexity index is 1110. The first-order chi connectivity index (χ1) is 13.4. The fraction of sp³-hybridized carbons (Fsp3) is 0.150. The van der Waals surface area contributed by atoms with Crippen LogP contribution in [0, 0.1) is 5.82 Å². The molecule has 1 heterocycles. The Morgan fingerprint density at radius 3 is 2.46 bits per heavy atom. The standard InChI is InChI=1S/C20H17FN2O5/c1-3-27-20(26)28-17-14-6-4-5-7-15(14)23(2)19(25)16(17)18(24)22-13-10-8-12(21)9-11-13/h4-11H,3H2,1-2H3,(H,22,24). The average molecular weight is 384 g/mol. The number of anilines is 1. The molecule has 7 nitrogen and oxygen atoms in total. The van der Waals surface area contributed by atoms with Gasteiger partial charge in [0.05, 0.1) is 12.1 Å². The highest BCUT2D eigenvalue weighted by Gasteiger charge is 2.25. The molecule has 28 heavy (non-hydrogen) atoms. The molecule has 0 aliphatic carbocycles. The van der Waals surface area contributed by atoms with E-state index in [1.165, 1.54) is 35.9 Å². The lowest BCUT2D eigenvalue weighted by atomic mass is 10.1. The van der Waals surface area contributed by atoms with Crippen molar-refractivity contribution in [1.82, 2.24) is 4.57 Å². The summed E-state index contributed by atoms with van der Waals surface area (Å²) in [7, 11) is 1.51. The van der Waals surface area contributed by atoms with E-state index in [2.05, 4.69) is 5.32 Å². The molecule has 0 aliphatic rings. The molecule has 2 aromatic carbocycles. The van der Waals surface area contributed by atoms with Crippen molar-refractivity contribution in [2.75, 3.05) is 11.9 Å². The maximum atomic E-state index is 13.1. The third-order valence-electron chi connectivity index (χ3n) is 4.03. The van der Waals surface area contributed by atoms with E-state index in [1.54, 1.807) is 31.2 Å². The van der Waals surface area contributed by atoms with Gasteiger partial charge in [0.1, 0.15) is 11.4 Å². The second-order valence-electron chi connectivity index (χ2n) is 5.83. The molecule has 0 aliphatic heterocycles. The summed E-state index contributed by atoms with van der Waals surface area (Å²) in [5.41, 5.74) is -0.259. The molecule has 0 unspecified atom stereocenters. The number of rotatable bonds is 4. The fourth-order valence-electron chi connectivity index (χ4n) is 2.73. The number of carbonyl (C=O) groups is 2. The molecular weight excluding hydrogens is 367 g/mol. The number of para-hydroxylation sites is 1. The first-order valence-electron chi connectivity index (χ1n) is 8.45. The maximum absolute atomic E-state index is 13.1. The molecule has 0 spiro atoms. The number of ether oxygens (including phenoxy) is 2. The number of aromatic nitrogens is 1. The summed E-state index contributed by atoms with van der Waals surface area (Å²) < 4.78 is 24.4. The van der Waals surface area contributed by atoms with E-state index in [0.29, 0.717) is 10.9 Å². The molecule has 0 radical (unpaired) electrons. The van der Waals surface area contributed by atoms with E-state index < -0.39 is 23.4 Å². The lowest BCUT2D eigenvalue weighted by Crippen LogP contribution is -2.30. The third-order valence-corrected chi connectivity index (χ3v) is 4.03. The van der Waals surface area contributed by atoms with Crippen molar-refractivity contribution in [3.63, 3.8) is 0 Å². The lowest BCUT2D eigenvalue weighted by molar-refractivity contribution is 0.0994. The maximum Gasteiger partial charge on any atom is 0.513 e. The van der Waals surface area contributed by atoms with Gasteiger partial charge in [-0.3, -0.25) is 9.59 Å². The Balaban J connectivity index is 2.14.